The predicted octanol–water partition coefficient (Wildman–Crippen LogP) is 3.29. The average Bonchev–Trinajstić information content (AvgIpc) is 2.77. The molecule has 2 rings (SSSR count). The summed E-state index contributed by atoms with van der Waals surface area (Å²) in [6.45, 7) is 2.32. The molecular weight excluding hydrogens is 336 g/mol. The van der Waals surface area contributed by atoms with E-state index >= 15 is 0 Å². The first-order chi connectivity index (χ1) is 11.0. The number of benzene rings is 1. The van der Waals surface area contributed by atoms with Gasteiger partial charge in [0.05, 0.1) is 4.91 Å². The van der Waals surface area contributed by atoms with Crippen LogP contribution in [-0.2, 0) is 9.59 Å². The molecule has 0 spiro atoms. The fraction of sp³-hybridized carbons (Fsp3) is 0.312. The van der Waals surface area contributed by atoms with Crippen LogP contribution in [-0.4, -0.2) is 35.0 Å². The highest BCUT2D eigenvalue weighted by molar-refractivity contribution is 8.18. The Hall–Kier alpha value is -1.79. The molecule has 1 aliphatic rings. The second-order valence-corrected chi connectivity index (χ2v) is 6.45. The molecule has 5 nitrogen and oxygen atoms in total. The van der Waals surface area contributed by atoms with E-state index in [0.29, 0.717) is 16.5 Å². The maximum Gasteiger partial charge on any atom is 0.294 e. The summed E-state index contributed by atoms with van der Waals surface area (Å²) in [5.74, 6) is -0.769. The molecule has 122 valence electrons. The molecule has 0 bridgehead atoms. The lowest BCUT2D eigenvalue weighted by Crippen LogP contribution is -2.39. The Morgan fingerprint density at radius 2 is 2.00 bits per heavy atom. The Labute approximate surface area is 144 Å². The normalized spacial score (nSPS) is 16.3. The van der Waals surface area contributed by atoms with Gasteiger partial charge in [-0.15, -0.1) is 0 Å². The molecule has 0 radical (unpaired) electrons. The summed E-state index contributed by atoms with van der Waals surface area (Å²) in [5, 5.41) is 2.86. The summed E-state index contributed by atoms with van der Waals surface area (Å²) in [7, 11) is 0. The molecule has 0 saturated carbocycles. The molecule has 0 aromatic heterocycles. The van der Waals surface area contributed by atoms with Crippen molar-refractivity contribution >= 4 is 46.5 Å². The molecule has 7 heteroatoms. The molecular formula is C16H17ClN2O3S. The molecule has 3 amide bonds. The molecule has 1 fully saturated rings. The SMILES string of the molecule is CCCCNC(=O)CN1C(=O)S/C(=C/c2ccc(Cl)cc2)C1=O. The Bertz CT molecular complexity index is 643. The van der Waals surface area contributed by atoms with E-state index in [1.165, 1.54) is 0 Å². The summed E-state index contributed by atoms with van der Waals surface area (Å²) in [6, 6.07) is 6.93. The van der Waals surface area contributed by atoms with Crippen molar-refractivity contribution in [1.82, 2.24) is 10.2 Å². The van der Waals surface area contributed by atoms with E-state index in [4.69, 9.17) is 11.6 Å². The molecule has 1 N–H and O–H groups in total. The van der Waals surface area contributed by atoms with Crippen molar-refractivity contribution in [3.8, 4) is 0 Å². The van der Waals surface area contributed by atoms with Gasteiger partial charge in [0.25, 0.3) is 11.1 Å². The first kappa shape index (κ1) is 17.6. The van der Waals surface area contributed by atoms with Crippen molar-refractivity contribution in [3.05, 3.63) is 39.8 Å². The predicted molar refractivity (Wildman–Crippen MR) is 92.0 cm³/mol. The fourth-order valence-corrected chi connectivity index (χ4v) is 2.92. The minimum Gasteiger partial charge on any atom is -0.355 e. The number of imide groups is 1. The van der Waals surface area contributed by atoms with Crippen LogP contribution in [0.15, 0.2) is 29.2 Å². The van der Waals surface area contributed by atoms with Crippen molar-refractivity contribution in [1.29, 1.82) is 0 Å². The van der Waals surface area contributed by atoms with Crippen molar-refractivity contribution in [2.24, 2.45) is 0 Å². The maximum absolute atomic E-state index is 12.3. The summed E-state index contributed by atoms with van der Waals surface area (Å²) in [4.78, 5) is 37.2. The van der Waals surface area contributed by atoms with Gasteiger partial charge >= 0.3 is 0 Å². The standard InChI is InChI=1S/C16H17ClN2O3S/c1-2-3-8-18-14(20)10-19-15(21)13(23-16(19)22)9-11-4-6-12(17)7-5-11/h4-7,9H,2-3,8,10H2,1H3,(H,18,20)/b13-9+. The Kier molecular flexibility index (Phi) is 6.24. The fourth-order valence-electron chi connectivity index (χ4n) is 1.95. The number of nitrogens with zero attached hydrogens (tertiary/aromatic N) is 1. The molecule has 1 aliphatic heterocycles. The Morgan fingerprint density at radius 3 is 2.65 bits per heavy atom. The van der Waals surface area contributed by atoms with Crippen molar-refractivity contribution in [2.45, 2.75) is 19.8 Å². The number of thioether (sulfide) groups is 1. The average molecular weight is 353 g/mol. The third-order valence-corrected chi connectivity index (χ3v) is 4.35. The number of carbonyl (C=O) groups excluding carboxylic acids is 3. The number of unbranched alkanes of at least 4 members (excludes halogenated alkanes) is 1. The third kappa shape index (κ3) is 4.84. The number of hydrogen-bond donors (Lipinski definition) is 1. The Morgan fingerprint density at radius 1 is 1.30 bits per heavy atom. The third-order valence-electron chi connectivity index (χ3n) is 3.20. The van der Waals surface area contributed by atoms with Crippen LogP contribution in [0.5, 0.6) is 0 Å². The lowest BCUT2D eigenvalue weighted by molar-refractivity contribution is -0.129. The highest BCUT2D eigenvalue weighted by atomic mass is 35.5. The minimum atomic E-state index is -0.444. The molecule has 0 unspecified atom stereocenters. The topological polar surface area (TPSA) is 66.5 Å². The smallest absolute Gasteiger partial charge is 0.294 e. The van der Waals surface area contributed by atoms with Crippen LogP contribution in [0.2, 0.25) is 5.02 Å². The van der Waals surface area contributed by atoms with Crippen LogP contribution in [0.25, 0.3) is 6.08 Å². The number of halogens is 1. The molecule has 23 heavy (non-hydrogen) atoms. The van der Waals surface area contributed by atoms with Gasteiger partial charge in [0, 0.05) is 11.6 Å². The van der Waals surface area contributed by atoms with Gasteiger partial charge in [0.2, 0.25) is 5.91 Å². The second kappa shape index (κ2) is 8.17. The lowest BCUT2D eigenvalue weighted by Gasteiger charge is -2.12. The second-order valence-electron chi connectivity index (χ2n) is 5.02. The summed E-state index contributed by atoms with van der Waals surface area (Å²) < 4.78 is 0. The van der Waals surface area contributed by atoms with Gasteiger partial charge in [-0.2, -0.15) is 0 Å². The summed E-state index contributed by atoms with van der Waals surface area (Å²) in [5.41, 5.74) is 0.771. The highest BCUT2D eigenvalue weighted by Gasteiger charge is 2.36. The number of carbonyl (C=O) groups is 3. The first-order valence-corrected chi connectivity index (χ1v) is 8.48. The lowest BCUT2D eigenvalue weighted by atomic mass is 10.2. The molecule has 1 heterocycles. The minimum absolute atomic E-state index is 0.244. The molecule has 1 aromatic carbocycles. The van der Waals surface area contributed by atoms with Gasteiger partial charge < -0.3 is 5.32 Å². The zero-order chi connectivity index (χ0) is 16.8. The van der Waals surface area contributed by atoms with Gasteiger partial charge in [-0.25, -0.2) is 0 Å². The van der Waals surface area contributed by atoms with E-state index in [9.17, 15) is 14.4 Å². The number of hydrogen-bond acceptors (Lipinski definition) is 4. The summed E-state index contributed by atoms with van der Waals surface area (Å²) in [6.07, 6.45) is 3.45. The van der Waals surface area contributed by atoms with Crippen LogP contribution in [0.1, 0.15) is 25.3 Å². The monoisotopic (exact) mass is 352 g/mol. The van der Waals surface area contributed by atoms with Crippen LogP contribution >= 0.6 is 23.4 Å². The maximum atomic E-state index is 12.3. The number of nitrogens with one attached hydrogen (secondary N) is 1. The number of rotatable bonds is 6. The quantitative estimate of drug-likeness (QED) is 0.630. The largest absolute Gasteiger partial charge is 0.355 e. The molecule has 1 saturated heterocycles. The zero-order valence-corrected chi connectivity index (χ0v) is 14.2. The van der Waals surface area contributed by atoms with Gasteiger partial charge in [0.1, 0.15) is 6.54 Å². The van der Waals surface area contributed by atoms with Gasteiger partial charge in [-0.05, 0) is 42.0 Å². The Balaban J connectivity index is 2.02. The van der Waals surface area contributed by atoms with Crippen molar-refractivity contribution in [2.75, 3.05) is 13.1 Å². The number of amides is 3. The van der Waals surface area contributed by atoms with Gasteiger partial charge in [-0.3, -0.25) is 19.3 Å². The van der Waals surface area contributed by atoms with Crippen molar-refractivity contribution in [3.63, 3.8) is 0 Å². The van der Waals surface area contributed by atoms with Crippen LogP contribution in [0.4, 0.5) is 4.79 Å². The van der Waals surface area contributed by atoms with E-state index in [2.05, 4.69) is 5.32 Å². The molecule has 0 atom stereocenters. The molecule has 1 aromatic rings. The van der Waals surface area contributed by atoms with Crippen molar-refractivity contribution < 1.29 is 14.4 Å². The van der Waals surface area contributed by atoms with Gasteiger partial charge in [-0.1, -0.05) is 37.1 Å². The van der Waals surface area contributed by atoms with E-state index < -0.39 is 11.1 Å². The highest BCUT2D eigenvalue weighted by Crippen LogP contribution is 2.32. The van der Waals surface area contributed by atoms with E-state index in [0.717, 1.165) is 35.1 Å². The van der Waals surface area contributed by atoms with E-state index in [1.807, 2.05) is 6.92 Å². The van der Waals surface area contributed by atoms with Crippen LogP contribution in [0, 0.1) is 0 Å². The summed E-state index contributed by atoms with van der Waals surface area (Å²) >= 11 is 6.65. The van der Waals surface area contributed by atoms with Gasteiger partial charge in [0.15, 0.2) is 0 Å². The van der Waals surface area contributed by atoms with Crippen LogP contribution in [0.3, 0.4) is 0 Å². The molecule has 0 aliphatic carbocycles. The van der Waals surface area contributed by atoms with E-state index in [-0.39, 0.29) is 12.5 Å². The van der Waals surface area contributed by atoms with E-state index in [1.54, 1.807) is 30.3 Å². The zero-order valence-electron chi connectivity index (χ0n) is 12.7. The van der Waals surface area contributed by atoms with Crippen LogP contribution < -0.4 is 5.32 Å². The first-order valence-electron chi connectivity index (χ1n) is 7.29.